The molecule has 0 unspecified atom stereocenters. The summed E-state index contributed by atoms with van der Waals surface area (Å²) in [6.07, 6.45) is -3.41. The van der Waals surface area contributed by atoms with E-state index in [1.54, 1.807) is 28.9 Å². The van der Waals surface area contributed by atoms with Crippen LogP contribution in [0.25, 0.3) is 0 Å². The van der Waals surface area contributed by atoms with Crippen molar-refractivity contribution in [1.82, 2.24) is 9.58 Å². The number of benzene rings is 2. The molecule has 35 heavy (non-hydrogen) atoms. The molecule has 1 aromatic heterocycles. The summed E-state index contributed by atoms with van der Waals surface area (Å²) in [7, 11) is 0. The Morgan fingerprint density at radius 3 is 2.60 bits per heavy atom. The minimum absolute atomic E-state index is 0.440. The van der Waals surface area contributed by atoms with Gasteiger partial charge in [-0.1, -0.05) is 35.9 Å². The lowest BCUT2D eigenvalue weighted by Gasteiger charge is -2.46. The molecule has 0 bridgehead atoms. The molecule has 182 valence electrons. The topological polar surface area (TPSA) is 65.8 Å². The number of aromatic hydroxyl groups is 1. The summed E-state index contributed by atoms with van der Waals surface area (Å²) in [5.74, 6) is -1.37. The van der Waals surface area contributed by atoms with Crippen molar-refractivity contribution in [3.8, 4) is 5.75 Å². The average Bonchev–Trinajstić information content (AvgIpc) is 2.97. The van der Waals surface area contributed by atoms with Crippen LogP contribution in [0.2, 0.25) is 5.02 Å². The third-order valence-corrected chi connectivity index (χ3v) is 7.70. The Morgan fingerprint density at radius 2 is 1.86 bits per heavy atom. The van der Waals surface area contributed by atoms with Crippen LogP contribution < -0.4 is 10.4 Å². The van der Waals surface area contributed by atoms with Crippen LogP contribution >= 0.6 is 23.4 Å². The monoisotopic (exact) mass is 521 g/mol. The van der Waals surface area contributed by atoms with Crippen molar-refractivity contribution in [2.24, 2.45) is 0 Å². The van der Waals surface area contributed by atoms with Gasteiger partial charge in [-0.2, -0.15) is 13.2 Å². The molecule has 1 N–H and O–H groups in total. The Morgan fingerprint density at radius 1 is 1.11 bits per heavy atom. The quantitative estimate of drug-likeness (QED) is 0.519. The van der Waals surface area contributed by atoms with E-state index in [1.165, 1.54) is 10.9 Å². The number of hydrogen-bond acceptors (Lipinski definition) is 5. The molecular weight excluding hydrogens is 503 g/mol. The number of aromatic nitrogens is 1. The molecule has 11 heteroatoms. The van der Waals surface area contributed by atoms with E-state index < -0.39 is 47.7 Å². The third-order valence-electron chi connectivity index (χ3n) is 6.33. The average molecular weight is 522 g/mol. The lowest BCUT2D eigenvalue weighted by Crippen LogP contribution is -2.60. The van der Waals surface area contributed by atoms with Crippen LogP contribution in [-0.2, 0) is 5.75 Å². The fourth-order valence-corrected chi connectivity index (χ4v) is 5.75. The van der Waals surface area contributed by atoms with Crippen molar-refractivity contribution in [3.05, 3.63) is 92.4 Å². The maximum Gasteiger partial charge on any atom is 0.408 e. The number of rotatable bonds is 2. The normalized spacial score (nSPS) is 18.4. The summed E-state index contributed by atoms with van der Waals surface area (Å²) < 4.78 is 42.6. The first-order valence-corrected chi connectivity index (χ1v) is 12.0. The van der Waals surface area contributed by atoms with Crippen LogP contribution in [0.3, 0.4) is 0 Å². The van der Waals surface area contributed by atoms with Crippen LogP contribution in [0.15, 0.2) is 64.4 Å². The molecule has 5 rings (SSSR count). The minimum atomic E-state index is -4.72. The zero-order valence-electron chi connectivity index (χ0n) is 18.3. The summed E-state index contributed by atoms with van der Waals surface area (Å²) in [6, 6.07) is 11.2. The van der Waals surface area contributed by atoms with Crippen molar-refractivity contribution in [2.45, 2.75) is 35.8 Å². The van der Waals surface area contributed by atoms with Gasteiger partial charge in [0.1, 0.15) is 12.7 Å². The molecule has 0 radical (unpaired) electrons. The van der Waals surface area contributed by atoms with E-state index >= 15 is 0 Å². The maximum atomic E-state index is 13.8. The molecular formula is C24H19ClF3N3O3S. The van der Waals surface area contributed by atoms with Crippen LogP contribution in [0.4, 0.5) is 13.2 Å². The Bertz CT molecular complexity index is 1390. The predicted octanol–water partition coefficient (Wildman–Crippen LogP) is 4.90. The summed E-state index contributed by atoms with van der Waals surface area (Å²) >= 11 is 7.93. The molecule has 0 aliphatic carbocycles. The van der Waals surface area contributed by atoms with Crippen molar-refractivity contribution in [3.63, 3.8) is 0 Å². The highest BCUT2D eigenvalue weighted by atomic mass is 35.5. The van der Waals surface area contributed by atoms with Gasteiger partial charge >= 0.3 is 6.18 Å². The van der Waals surface area contributed by atoms with Gasteiger partial charge in [-0.25, -0.2) is 0 Å². The molecule has 0 spiro atoms. The number of carbonyl (C=O) groups excluding carboxylic acids is 1. The molecule has 0 saturated carbocycles. The fraction of sp³-hybridized carbons (Fsp3) is 0.250. The van der Waals surface area contributed by atoms with Gasteiger partial charge in [-0.05, 0) is 41.8 Å². The highest BCUT2D eigenvalue weighted by Crippen LogP contribution is 2.44. The Hall–Kier alpha value is -3.11. The van der Waals surface area contributed by atoms with Crippen LogP contribution in [0.1, 0.15) is 40.1 Å². The second kappa shape index (κ2) is 8.53. The molecule has 0 saturated heterocycles. The zero-order chi connectivity index (χ0) is 25.1. The van der Waals surface area contributed by atoms with Gasteiger partial charge in [0.25, 0.3) is 5.91 Å². The molecule has 2 aromatic carbocycles. The van der Waals surface area contributed by atoms with Crippen molar-refractivity contribution >= 4 is 29.3 Å². The smallest absolute Gasteiger partial charge is 0.408 e. The number of halogens is 4. The van der Waals surface area contributed by atoms with Gasteiger partial charge in [0.2, 0.25) is 5.43 Å². The van der Waals surface area contributed by atoms with Crippen LogP contribution in [-0.4, -0.2) is 39.5 Å². The lowest BCUT2D eigenvalue weighted by atomic mass is 9.94. The number of carbonyl (C=O) groups is 1. The predicted molar refractivity (Wildman–Crippen MR) is 126 cm³/mol. The molecule has 2 aliphatic heterocycles. The maximum absolute atomic E-state index is 13.8. The molecule has 3 heterocycles. The second-order valence-corrected chi connectivity index (χ2v) is 9.82. The zero-order valence-corrected chi connectivity index (χ0v) is 19.9. The number of nitrogens with zero attached hydrogens (tertiary/aromatic N) is 3. The highest BCUT2D eigenvalue weighted by Gasteiger charge is 2.47. The second-order valence-electron chi connectivity index (χ2n) is 8.37. The van der Waals surface area contributed by atoms with E-state index in [-0.39, 0.29) is 0 Å². The van der Waals surface area contributed by atoms with E-state index in [1.807, 2.05) is 30.3 Å². The van der Waals surface area contributed by atoms with E-state index in [9.17, 15) is 27.9 Å². The summed E-state index contributed by atoms with van der Waals surface area (Å²) in [6.45, 7) is 0.440. The van der Waals surface area contributed by atoms with E-state index in [2.05, 4.69) is 0 Å². The molecule has 6 nitrogen and oxygen atoms in total. The Kier molecular flexibility index (Phi) is 5.76. The minimum Gasteiger partial charge on any atom is -0.502 e. The van der Waals surface area contributed by atoms with Crippen LogP contribution in [0, 0.1) is 0 Å². The molecule has 2 aliphatic rings. The molecule has 1 amide bonds. The van der Waals surface area contributed by atoms with Crippen LogP contribution in [0.5, 0.6) is 5.75 Å². The number of hydrogen-bond donors (Lipinski definition) is 1. The largest absolute Gasteiger partial charge is 0.502 e. The first-order valence-electron chi connectivity index (χ1n) is 10.7. The van der Waals surface area contributed by atoms with E-state index in [4.69, 9.17) is 11.6 Å². The fourth-order valence-electron chi connectivity index (χ4n) is 4.47. The first-order chi connectivity index (χ1) is 16.6. The Balaban J connectivity index is 1.79. The van der Waals surface area contributed by atoms with Crippen molar-refractivity contribution in [1.29, 1.82) is 0 Å². The third kappa shape index (κ3) is 3.94. The van der Waals surface area contributed by atoms with Gasteiger partial charge < -0.3 is 10.0 Å². The van der Waals surface area contributed by atoms with Crippen molar-refractivity contribution < 1.29 is 23.1 Å². The number of pyridine rings is 1. The molecule has 0 fully saturated rings. The van der Waals surface area contributed by atoms with Gasteiger partial charge in [0.05, 0.1) is 6.04 Å². The van der Waals surface area contributed by atoms with Gasteiger partial charge in [0.15, 0.2) is 11.4 Å². The lowest BCUT2D eigenvalue weighted by molar-refractivity contribution is -0.173. The number of alkyl halides is 3. The summed E-state index contributed by atoms with van der Waals surface area (Å²) in [5.41, 5.74) is 1.12. The summed E-state index contributed by atoms with van der Waals surface area (Å²) in [5, 5.41) is 12.5. The van der Waals surface area contributed by atoms with Gasteiger partial charge in [-0.15, -0.1) is 11.8 Å². The van der Waals surface area contributed by atoms with Gasteiger partial charge in [0, 0.05) is 27.9 Å². The number of amides is 1. The molecule has 3 aromatic rings. The standard InChI is InChI=1S/C24H19ClF3N3O3S/c1-13(24(26,27)28)29-12-31(30-9-8-18(32)22(33)21(30)23(29)34)20-16-4-2-3-5-19(16)35-11-14-6-7-15(25)10-17(14)20/h2-10,13,20,33H,11-12H2,1H3/t13-,20+/m0/s1. The number of thioether (sulfide) groups is 1. The van der Waals surface area contributed by atoms with Gasteiger partial charge in [-0.3, -0.25) is 19.3 Å². The SMILES string of the molecule is C[C@H](N1CN([C@H]2c3cc(Cl)ccc3CSc3ccccc32)n2ccc(=O)c(O)c2C1=O)C(F)(F)F. The van der Waals surface area contributed by atoms with E-state index in [0.29, 0.717) is 15.7 Å². The van der Waals surface area contributed by atoms with Crippen molar-refractivity contribution in [2.75, 3.05) is 11.7 Å². The first kappa shape index (κ1) is 23.6. The summed E-state index contributed by atoms with van der Waals surface area (Å²) in [4.78, 5) is 26.9. The van der Waals surface area contributed by atoms with E-state index in [0.717, 1.165) is 34.6 Å². The Labute approximate surface area is 207 Å². The molecule has 2 atom stereocenters. The highest BCUT2D eigenvalue weighted by molar-refractivity contribution is 7.98. The number of fused-ring (bicyclic) bond motifs is 3.